The summed E-state index contributed by atoms with van der Waals surface area (Å²) in [5.41, 5.74) is 0.757. The molecule has 22 heavy (non-hydrogen) atoms. The second kappa shape index (κ2) is 7.18. The summed E-state index contributed by atoms with van der Waals surface area (Å²) in [6.07, 6.45) is 0. The monoisotopic (exact) mass is 343 g/mol. The molecule has 2 aromatic rings. The molecule has 0 aliphatic heterocycles. The Hall–Kier alpha value is -1.49. The highest BCUT2D eigenvalue weighted by molar-refractivity contribution is 6.33. The number of rotatable bonds is 4. The van der Waals surface area contributed by atoms with E-state index in [-0.39, 0.29) is 23.5 Å². The molecular formula is C16H19Cl2NO3. The molecule has 0 atom stereocenters. The molecule has 0 radical (unpaired) electrons. The number of carboxylic acids is 1. The van der Waals surface area contributed by atoms with Gasteiger partial charge in [0.05, 0.1) is 17.1 Å². The lowest BCUT2D eigenvalue weighted by Crippen LogP contribution is -2.34. The number of furan rings is 1. The highest BCUT2D eigenvalue weighted by Crippen LogP contribution is 2.30. The topological polar surface area (TPSA) is 62.5 Å². The number of nitrogens with one attached hydrogen (secondary N) is 1. The standard InChI is InChI=1S/C16H18ClNO3.ClH/c1-16(2,3)18-9-11-5-7-14(21-11)12-8-10(15(19)20)4-6-13(12)17;/h4-8,18H,9H2,1-3H3,(H,19,20);1H. The summed E-state index contributed by atoms with van der Waals surface area (Å²) in [7, 11) is 0. The fraction of sp³-hybridized carbons (Fsp3) is 0.312. The van der Waals surface area contributed by atoms with E-state index >= 15 is 0 Å². The van der Waals surface area contributed by atoms with Crippen LogP contribution in [0.5, 0.6) is 0 Å². The highest BCUT2D eigenvalue weighted by Gasteiger charge is 2.14. The van der Waals surface area contributed by atoms with Gasteiger partial charge in [-0.2, -0.15) is 0 Å². The van der Waals surface area contributed by atoms with Gasteiger partial charge in [-0.25, -0.2) is 4.79 Å². The maximum Gasteiger partial charge on any atom is 0.335 e. The summed E-state index contributed by atoms with van der Waals surface area (Å²) in [6.45, 7) is 6.82. The molecular weight excluding hydrogens is 325 g/mol. The predicted molar refractivity (Wildman–Crippen MR) is 90.0 cm³/mol. The molecule has 6 heteroatoms. The average molecular weight is 344 g/mol. The van der Waals surface area contributed by atoms with Crippen LogP contribution in [-0.4, -0.2) is 16.6 Å². The normalized spacial score (nSPS) is 11.1. The van der Waals surface area contributed by atoms with Crippen LogP contribution in [0.3, 0.4) is 0 Å². The van der Waals surface area contributed by atoms with Crippen molar-refractivity contribution < 1.29 is 14.3 Å². The van der Waals surface area contributed by atoms with Gasteiger partial charge in [-0.1, -0.05) is 11.6 Å². The summed E-state index contributed by atoms with van der Waals surface area (Å²) in [5, 5.41) is 12.8. The minimum Gasteiger partial charge on any atom is -0.478 e. The minimum absolute atomic E-state index is 0. The van der Waals surface area contributed by atoms with Crippen LogP contribution in [0.15, 0.2) is 34.7 Å². The van der Waals surface area contributed by atoms with E-state index < -0.39 is 5.97 Å². The molecule has 120 valence electrons. The molecule has 0 amide bonds. The van der Waals surface area contributed by atoms with Crippen molar-refractivity contribution in [3.63, 3.8) is 0 Å². The van der Waals surface area contributed by atoms with Crippen LogP contribution in [0.25, 0.3) is 11.3 Å². The molecule has 0 fully saturated rings. The van der Waals surface area contributed by atoms with E-state index in [1.165, 1.54) is 12.1 Å². The molecule has 0 aliphatic carbocycles. The fourth-order valence-electron chi connectivity index (χ4n) is 1.82. The number of hydrogen-bond donors (Lipinski definition) is 2. The molecule has 1 aromatic heterocycles. The van der Waals surface area contributed by atoms with Crippen LogP contribution in [0.2, 0.25) is 5.02 Å². The van der Waals surface area contributed by atoms with Gasteiger partial charge in [-0.15, -0.1) is 12.4 Å². The van der Waals surface area contributed by atoms with Crippen molar-refractivity contribution in [2.24, 2.45) is 0 Å². The number of hydrogen-bond acceptors (Lipinski definition) is 3. The average Bonchev–Trinajstić information content (AvgIpc) is 2.84. The quantitative estimate of drug-likeness (QED) is 0.850. The van der Waals surface area contributed by atoms with E-state index in [0.717, 1.165) is 5.76 Å². The zero-order chi connectivity index (χ0) is 15.6. The van der Waals surface area contributed by atoms with Gasteiger partial charge in [0.2, 0.25) is 0 Å². The summed E-state index contributed by atoms with van der Waals surface area (Å²) in [5.74, 6) is 0.347. The molecule has 0 saturated carbocycles. The summed E-state index contributed by atoms with van der Waals surface area (Å²) in [4.78, 5) is 11.0. The van der Waals surface area contributed by atoms with E-state index in [9.17, 15) is 4.79 Å². The molecule has 0 spiro atoms. The van der Waals surface area contributed by atoms with E-state index in [0.29, 0.717) is 22.9 Å². The Kier molecular flexibility index (Phi) is 6.06. The Labute approximate surface area is 140 Å². The van der Waals surface area contributed by atoms with Crippen LogP contribution in [0.1, 0.15) is 36.9 Å². The number of carboxylic acid groups (broad SMARTS) is 1. The van der Waals surface area contributed by atoms with Gasteiger partial charge >= 0.3 is 5.97 Å². The first-order valence-electron chi connectivity index (χ1n) is 6.63. The molecule has 0 unspecified atom stereocenters. The number of benzene rings is 1. The largest absolute Gasteiger partial charge is 0.478 e. The lowest BCUT2D eigenvalue weighted by atomic mass is 10.1. The molecule has 2 rings (SSSR count). The van der Waals surface area contributed by atoms with Crippen molar-refractivity contribution in [3.8, 4) is 11.3 Å². The van der Waals surface area contributed by atoms with E-state index in [1.807, 2.05) is 6.07 Å². The van der Waals surface area contributed by atoms with Crippen molar-refractivity contribution in [2.45, 2.75) is 32.9 Å². The van der Waals surface area contributed by atoms with E-state index in [4.69, 9.17) is 21.1 Å². The SMILES string of the molecule is CC(C)(C)NCc1ccc(-c2cc(C(=O)O)ccc2Cl)o1.Cl. The van der Waals surface area contributed by atoms with E-state index in [1.54, 1.807) is 12.1 Å². The first kappa shape index (κ1) is 18.6. The van der Waals surface area contributed by atoms with Crippen molar-refractivity contribution in [1.82, 2.24) is 5.32 Å². The Balaban J connectivity index is 0.00000242. The van der Waals surface area contributed by atoms with Crippen molar-refractivity contribution in [3.05, 3.63) is 46.7 Å². The van der Waals surface area contributed by atoms with Crippen LogP contribution < -0.4 is 5.32 Å². The van der Waals surface area contributed by atoms with Gasteiger partial charge in [-0.3, -0.25) is 0 Å². The Morgan fingerprint density at radius 3 is 2.55 bits per heavy atom. The van der Waals surface area contributed by atoms with Crippen molar-refractivity contribution in [1.29, 1.82) is 0 Å². The lowest BCUT2D eigenvalue weighted by Gasteiger charge is -2.19. The minimum atomic E-state index is -0.992. The predicted octanol–water partition coefficient (Wildman–Crippen LogP) is 4.61. The first-order valence-corrected chi connectivity index (χ1v) is 7.01. The van der Waals surface area contributed by atoms with Gasteiger partial charge < -0.3 is 14.8 Å². The zero-order valence-corrected chi connectivity index (χ0v) is 14.2. The van der Waals surface area contributed by atoms with Gasteiger partial charge in [0, 0.05) is 11.1 Å². The van der Waals surface area contributed by atoms with E-state index in [2.05, 4.69) is 26.1 Å². The number of aromatic carboxylic acids is 1. The maximum atomic E-state index is 11.0. The third-order valence-corrected chi connectivity index (χ3v) is 3.26. The van der Waals surface area contributed by atoms with Gasteiger partial charge in [0.25, 0.3) is 0 Å². The van der Waals surface area contributed by atoms with Crippen molar-refractivity contribution in [2.75, 3.05) is 0 Å². The van der Waals surface area contributed by atoms with Gasteiger partial charge in [0.1, 0.15) is 11.5 Å². The molecule has 1 aromatic carbocycles. The van der Waals surface area contributed by atoms with Crippen molar-refractivity contribution >= 4 is 30.0 Å². The lowest BCUT2D eigenvalue weighted by molar-refractivity contribution is 0.0697. The fourth-order valence-corrected chi connectivity index (χ4v) is 2.03. The Morgan fingerprint density at radius 1 is 1.27 bits per heavy atom. The number of halogens is 2. The molecule has 1 heterocycles. The molecule has 2 N–H and O–H groups in total. The molecule has 4 nitrogen and oxygen atoms in total. The van der Waals surface area contributed by atoms with Crippen LogP contribution in [0, 0.1) is 0 Å². The number of carbonyl (C=O) groups is 1. The Morgan fingerprint density at radius 2 is 1.95 bits per heavy atom. The summed E-state index contributed by atoms with van der Waals surface area (Å²) in [6, 6.07) is 8.21. The first-order chi connectivity index (χ1) is 9.76. The molecule has 0 aliphatic rings. The zero-order valence-electron chi connectivity index (χ0n) is 12.6. The highest BCUT2D eigenvalue weighted by atomic mass is 35.5. The van der Waals surface area contributed by atoms with Gasteiger partial charge in [-0.05, 0) is 51.1 Å². The summed E-state index contributed by atoms with van der Waals surface area (Å²) < 4.78 is 5.74. The van der Waals surface area contributed by atoms with Gasteiger partial charge in [0.15, 0.2) is 0 Å². The van der Waals surface area contributed by atoms with Crippen LogP contribution >= 0.6 is 24.0 Å². The second-order valence-electron chi connectivity index (χ2n) is 5.87. The molecule has 0 saturated heterocycles. The molecule has 0 bridgehead atoms. The van der Waals surface area contributed by atoms with Crippen LogP contribution in [-0.2, 0) is 6.54 Å². The Bertz CT molecular complexity index is 660. The third kappa shape index (κ3) is 4.77. The third-order valence-electron chi connectivity index (χ3n) is 2.93. The van der Waals surface area contributed by atoms with Crippen LogP contribution in [0.4, 0.5) is 0 Å². The maximum absolute atomic E-state index is 11.0. The summed E-state index contributed by atoms with van der Waals surface area (Å²) >= 11 is 6.13. The second-order valence-corrected chi connectivity index (χ2v) is 6.28. The smallest absolute Gasteiger partial charge is 0.335 e.